The maximum atomic E-state index is 5.23. The van der Waals surface area contributed by atoms with Gasteiger partial charge in [0.25, 0.3) is 0 Å². The number of hydrogen-bond donors (Lipinski definition) is 0. The largest absolute Gasteiger partial charge is 0.179 e. The van der Waals surface area contributed by atoms with Crippen molar-refractivity contribution in [2.75, 3.05) is 0 Å². The molecule has 0 aromatic heterocycles. The van der Waals surface area contributed by atoms with Gasteiger partial charge < -0.3 is 0 Å². The first-order chi connectivity index (χ1) is 2.64. The molecule has 0 aromatic carbocycles. The zero-order chi connectivity index (χ0) is 5.15. The third kappa shape index (κ3) is 3.54. The van der Waals surface area contributed by atoms with Crippen LogP contribution in [0.3, 0.4) is 0 Å². The maximum absolute atomic E-state index is 5.23. The van der Waals surface area contributed by atoms with Crippen LogP contribution in [-0.4, -0.2) is 4.29 Å². The molecule has 0 bridgehead atoms. The molecule has 1 atom stereocenters. The predicted octanol–water partition coefficient (Wildman–Crippen LogP) is 2.91. The van der Waals surface area contributed by atoms with Gasteiger partial charge in [-0.05, 0) is 0 Å². The molecule has 0 amide bonds. The minimum Gasteiger partial charge on any atom is -0.107 e. The molecule has 0 aliphatic carbocycles. The van der Waals surface area contributed by atoms with Gasteiger partial charge in [-0.25, -0.2) is 0 Å². The Bertz CT molecular complexity index is 29.8. The van der Waals surface area contributed by atoms with E-state index >= 15 is 0 Å². The number of rotatable bonds is 1. The molecule has 0 aliphatic rings. The van der Waals surface area contributed by atoms with Gasteiger partial charge >= 0.3 is 0 Å². The summed E-state index contributed by atoms with van der Waals surface area (Å²) in [4.78, 5) is 0.136. The van der Waals surface area contributed by atoms with Crippen molar-refractivity contribution in [2.24, 2.45) is 0 Å². The highest BCUT2D eigenvalue weighted by atomic mass is 79.9. The van der Waals surface area contributed by atoms with E-state index in [9.17, 15) is 0 Å². The lowest BCUT2D eigenvalue weighted by Crippen LogP contribution is -1.85. The molecule has 0 heterocycles. The summed E-state index contributed by atoms with van der Waals surface area (Å²) in [5.74, 6) is 0. The van der Waals surface area contributed by atoms with Gasteiger partial charge in [0.05, 0.1) is 0 Å². The van der Waals surface area contributed by atoms with Crippen LogP contribution in [0.5, 0.6) is 0 Å². The second kappa shape index (κ2) is 3.36. The number of alkyl halides is 2. The zero-order valence-electron chi connectivity index (χ0n) is 2.59. The zero-order valence-corrected chi connectivity index (χ0v) is 6.44. The van der Waals surface area contributed by atoms with Crippen molar-refractivity contribution in [1.29, 1.82) is 0 Å². The lowest BCUT2D eigenvalue weighted by molar-refractivity contribution is 1.55. The Kier molecular flexibility index (Phi) is 4.12. The fraction of sp³-hybridized carbons (Fsp3) is 0.500. The number of hydrogen-bond acceptors (Lipinski definition) is 0. The van der Waals surface area contributed by atoms with E-state index in [1.54, 1.807) is 0 Å². The maximum Gasteiger partial charge on any atom is 0.179 e. The molecule has 6 heavy (non-hydrogen) atoms. The fourth-order valence-electron chi connectivity index (χ4n) is 0. The normalized spacial score (nSPS) is 15.5. The third-order valence-corrected chi connectivity index (χ3v) is 2.03. The van der Waals surface area contributed by atoms with Crippen LogP contribution >= 0.6 is 50.7 Å². The topological polar surface area (TPSA) is 0 Å². The molecule has 37 valence electrons. The van der Waals surface area contributed by atoms with Gasteiger partial charge in [0.1, 0.15) is 4.29 Å². The first-order valence-corrected chi connectivity index (χ1v) is 3.21. The minimum atomic E-state index is -0.416. The van der Waals surface area contributed by atoms with Crippen molar-refractivity contribution in [3.05, 3.63) is 4.84 Å². The van der Waals surface area contributed by atoms with Gasteiger partial charge in [0.2, 0.25) is 0 Å². The molecule has 0 rings (SSSR count). The molecule has 1 radical (unpaired) electrons. The monoisotopic (exact) mass is 209 g/mol. The molecular weight excluding hydrogens is 210 g/mol. The molecule has 0 spiro atoms. The van der Waals surface area contributed by atoms with Crippen LogP contribution in [0.1, 0.15) is 0 Å². The van der Waals surface area contributed by atoms with E-state index in [-0.39, 0.29) is 4.84 Å². The Morgan fingerprint density at radius 3 is 1.67 bits per heavy atom. The highest BCUT2D eigenvalue weighted by molar-refractivity contribution is 9.10. The van der Waals surface area contributed by atoms with Crippen LogP contribution in [0.25, 0.3) is 0 Å². The Balaban J connectivity index is 2.99. The summed E-state index contributed by atoms with van der Waals surface area (Å²) in [6.45, 7) is 0. The average Bonchev–Trinajstić information content (AvgIpc) is 1.36. The van der Waals surface area contributed by atoms with Crippen molar-refractivity contribution < 1.29 is 0 Å². The molecule has 0 aliphatic heterocycles. The lowest BCUT2D eigenvalue weighted by atomic mass is 10.9. The van der Waals surface area contributed by atoms with E-state index < -0.39 is 4.29 Å². The van der Waals surface area contributed by atoms with Gasteiger partial charge in [0.15, 0.2) is 4.84 Å². The van der Waals surface area contributed by atoms with E-state index in [1.165, 1.54) is 0 Å². The van der Waals surface area contributed by atoms with Gasteiger partial charge in [-0.3, -0.25) is 0 Å². The van der Waals surface area contributed by atoms with Gasteiger partial charge in [0, 0.05) is 0 Å². The molecule has 0 nitrogen and oxygen atoms in total. The second-order valence-corrected chi connectivity index (χ2v) is 3.48. The summed E-state index contributed by atoms with van der Waals surface area (Å²) >= 11 is 18.4. The summed E-state index contributed by atoms with van der Waals surface area (Å²) in [7, 11) is 0. The first-order valence-electron chi connectivity index (χ1n) is 1.10. The summed E-state index contributed by atoms with van der Waals surface area (Å²) in [5, 5.41) is 0. The molecule has 0 aromatic rings. The van der Waals surface area contributed by atoms with E-state index in [4.69, 9.17) is 34.8 Å². The van der Waals surface area contributed by atoms with E-state index in [1.807, 2.05) is 0 Å². The van der Waals surface area contributed by atoms with Gasteiger partial charge in [-0.15, -0.1) is 11.6 Å². The molecule has 0 saturated heterocycles. The first kappa shape index (κ1) is 7.35. The molecule has 0 N–H and O–H groups in total. The average molecular weight is 211 g/mol. The molecule has 1 unspecified atom stereocenters. The van der Waals surface area contributed by atoms with Crippen molar-refractivity contribution in [3.8, 4) is 0 Å². The minimum absolute atomic E-state index is 0.136. The highest BCUT2D eigenvalue weighted by Crippen LogP contribution is 2.26. The van der Waals surface area contributed by atoms with Crippen molar-refractivity contribution in [1.82, 2.24) is 0 Å². The Labute approximate surface area is 59.9 Å². The second-order valence-electron chi connectivity index (χ2n) is 0.590. The van der Waals surface area contributed by atoms with Gasteiger partial charge in [-0.2, -0.15) is 0 Å². The van der Waals surface area contributed by atoms with Crippen molar-refractivity contribution in [2.45, 2.75) is 4.29 Å². The van der Waals surface area contributed by atoms with Crippen LogP contribution < -0.4 is 0 Å². The Morgan fingerprint density at radius 1 is 1.50 bits per heavy atom. The van der Waals surface area contributed by atoms with E-state index in [0.29, 0.717) is 0 Å². The molecule has 4 heteroatoms. The van der Waals surface area contributed by atoms with Crippen LogP contribution in [0.4, 0.5) is 0 Å². The summed E-state index contributed by atoms with van der Waals surface area (Å²) < 4.78 is -0.416. The summed E-state index contributed by atoms with van der Waals surface area (Å²) in [6.07, 6.45) is 0. The predicted molar refractivity (Wildman–Crippen MR) is 33.5 cm³/mol. The summed E-state index contributed by atoms with van der Waals surface area (Å²) in [5.41, 5.74) is 0. The SMILES string of the molecule is Cl[C](Cl)C(Cl)Br. The molecule has 0 fully saturated rings. The van der Waals surface area contributed by atoms with Crippen LogP contribution in [0.2, 0.25) is 0 Å². The molecule has 0 saturated carbocycles. The fourth-order valence-corrected chi connectivity index (χ4v) is 0. The highest BCUT2D eigenvalue weighted by Gasteiger charge is 2.08. The Hall–Kier alpha value is 1.35. The van der Waals surface area contributed by atoms with Crippen LogP contribution in [0, 0.1) is 4.84 Å². The lowest BCUT2D eigenvalue weighted by Gasteiger charge is -1.93. The van der Waals surface area contributed by atoms with Crippen LogP contribution in [-0.2, 0) is 0 Å². The van der Waals surface area contributed by atoms with Crippen molar-refractivity contribution in [3.63, 3.8) is 0 Å². The van der Waals surface area contributed by atoms with E-state index in [0.717, 1.165) is 0 Å². The van der Waals surface area contributed by atoms with Gasteiger partial charge in [-0.1, -0.05) is 39.1 Å². The quantitative estimate of drug-likeness (QED) is 0.585. The molecular formula is C2HBrCl3. The van der Waals surface area contributed by atoms with Crippen molar-refractivity contribution >= 4 is 50.7 Å². The van der Waals surface area contributed by atoms with Crippen LogP contribution in [0.15, 0.2) is 0 Å². The number of halogens is 4. The summed E-state index contributed by atoms with van der Waals surface area (Å²) in [6, 6.07) is 0. The smallest absolute Gasteiger partial charge is 0.107 e. The third-order valence-electron chi connectivity index (χ3n) is 0.165. The van der Waals surface area contributed by atoms with E-state index in [2.05, 4.69) is 15.9 Å². The Morgan fingerprint density at radius 2 is 1.67 bits per heavy atom. The standard InChI is InChI=1S/C2HBrCl3/c3-1(4)2(5)6/h1H.